The molecule has 8 nitrogen and oxygen atoms in total. The average molecular weight is 567 g/mol. The van der Waals surface area contributed by atoms with Crippen molar-refractivity contribution >= 4 is 18.0 Å². The second-order valence-electron chi connectivity index (χ2n) is 9.55. The summed E-state index contributed by atoms with van der Waals surface area (Å²) in [6, 6.07) is 26.3. The van der Waals surface area contributed by atoms with Gasteiger partial charge in [0, 0.05) is 5.56 Å². The van der Waals surface area contributed by atoms with Crippen molar-refractivity contribution in [2.24, 2.45) is 0 Å². The van der Waals surface area contributed by atoms with Crippen molar-refractivity contribution in [2.75, 3.05) is 27.4 Å². The highest BCUT2D eigenvalue weighted by atomic mass is 16.5. The van der Waals surface area contributed by atoms with Crippen LogP contribution in [-0.4, -0.2) is 44.5 Å². The molecule has 0 bridgehead atoms. The molecule has 0 spiro atoms. The van der Waals surface area contributed by atoms with Gasteiger partial charge in [-0.25, -0.2) is 9.59 Å². The lowest BCUT2D eigenvalue weighted by Crippen LogP contribution is -2.18. The Morgan fingerprint density at radius 3 is 2.10 bits per heavy atom. The van der Waals surface area contributed by atoms with Gasteiger partial charge in [-0.15, -0.1) is 0 Å². The number of rotatable bonds is 10. The van der Waals surface area contributed by atoms with Crippen molar-refractivity contribution in [3.8, 4) is 23.0 Å². The highest BCUT2D eigenvalue weighted by Crippen LogP contribution is 2.52. The molecule has 0 aromatic heterocycles. The van der Waals surface area contributed by atoms with E-state index in [2.05, 4.69) is 0 Å². The molecule has 42 heavy (non-hydrogen) atoms. The third-order valence-corrected chi connectivity index (χ3v) is 6.90. The van der Waals surface area contributed by atoms with Gasteiger partial charge in [0.15, 0.2) is 23.0 Å². The molecule has 4 aromatic carbocycles. The van der Waals surface area contributed by atoms with Gasteiger partial charge in [0.25, 0.3) is 0 Å². The van der Waals surface area contributed by atoms with Crippen LogP contribution in [0.25, 0.3) is 6.08 Å². The molecule has 0 amide bonds. The smallest absolute Gasteiger partial charge is 0.338 e. The van der Waals surface area contributed by atoms with Gasteiger partial charge in [-0.3, -0.25) is 0 Å². The van der Waals surface area contributed by atoms with E-state index in [9.17, 15) is 14.7 Å². The van der Waals surface area contributed by atoms with Gasteiger partial charge in [-0.2, -0.15) is 0 Å². The van der Waals surface area contributed by atoms with Gasteiger partial charge in [-0.1, -0.05) is 48.5 Å². The van der Waals surface area contributed by atoms with Crippen LogP contribution in [0.5, 0.6) is 23.0 Å². The normalized spacial score (nSPS) is 15.5. The van der Waals surface area contributed by atoms with Crippen LogP contribution in [0, 0.1) is 0 Å². The third-order valence-electron chi connectivity index (χ3n) is 6.90. The minimum absolute atomic E-state index is 0.00165. The molecule has 1 aliphatic rings. The summed E-state index contributed by atoms with van der Waals surface area (Å²) in [6.07, 6.45) is 3.01. The number of hydrogen-bond donors (Lipinski definition) is 1. The molecule has 0 saturated carbocycles. The van der Waals surface area contributed by atoms with Gasteiger partial charge in [0.2, 0.25) is 0 Å². The van der Waals surface area contributed by atoms with E-state index in [-0.39, 0.29) is 19.0 Å². The molecule has 1 aliphatic heterocycles. The number of methoxy groups -OCH3 is 2. The fourth-order valence-corrected chi connectivity index (χ4v) is 4.80. The lowest BCUT2D eigenvalue weighted by Gasteiger charge is -2.20. The lowest BCUT2D eigenvalue weighted by molar-refractivity contribution is 0.0428. The molecule has 0 aliphatic carbocycles. The SMILES string of the molecule is COc1cc(C2Oc3c(OC)cc(/C=C/COC(=O)c4ccccc4)cc3C2COC(=O)c2ccccc2)ccc1O. The molecule has 5 rings (SSSR count). The van der Waals surface area contributed by atoms with E-state index < -0.39 is 24.0 Å². The molecular weight excluding hydrogens is 536 g/mol. The van der Waals surface area contributed by atoms with Crippen molar-refractivity contribution in [3.63, 3.8) is 0 Å². The van der Waals surface area contributed by atoms with E-state index in [0.29, 0.717) is 28.4 Å². The number of benzene rings is 4. The standard InChI is InChI=1S/C34H30O8/c1-38-29-20-25(15-16-28(29)35)31-27(21-41-34(37)24-13-7-4-8-14-24)26-18-22(19-30(39-2)32(26)42-31)10-9-17-40-33(36)23-11-5-3-6-12-23/h3-16,18-20,27,31,35H,17,21H2,1-2H3/b10-9+. The first-order chi connectivity index (χ1) is 20.5. The van der Waals surface area contributed by atoms with Crippen molar-refractivity contribution < 1.29 is 38.4 Å². The number of carbonyl (C=O) groups is 2. The number of ether oxygens (including phenoxy) is 5. The van der Waals surface area contributed by atoms with Crippen LogP contribution in [0.4, 0.5) is 0 Å². The summed E-state index contributed by atoms with van der Waals surface area (Å²) < 4.78 is 28.5. The summed E-state index contributed by atoms with van der Waals surface area (Å²) in [5, 5.41) is 10.1. The Labute approximate surface area is 243 Å². The minimum Gasteiger partial charge on any atom is -0.504 e. The van der Waals surface area contributed by atoms with Crippen LogP contribution < -0.4 is 14.2 Å². The molecule has 0 saturated heterocycles. The van der Waals surface area contributed by atoms with E-state index in [0.717, 1.165) is 16.7 Å². The number of fused-ring (bicyclic) bond motifs is 1. The van der Waals surface area contributed by atoms with Crippen LogP contribution >= 0.6 is 0 Å². The number of esters is 2. The third kappa shape index (κ3) is 6.23. The van der Waals surface area contributed by atoms with Gasteiger partial charge in [0.1, 0.15) is 19.3 Å². The zero-order chi connectivity index (χ0) is 29.5. The first-order valence-electron chi connectivity index (χ1n) is 13.3. The number of carbonyl (C=O) groups excluding carboxylic acids is 2. The van der Waals surface area contributed by atoms with Crippen LogP contribution in [0.3, 0.4) is 0 Å². The Balaban J connectivity index is 1.41. The summed E-state index contributed by atoms with van der Waals surface area (Å²) in [6.45, 7) is 0.108. The van der Waals surface area contributed by atoms with Gasteiger partial charge in [0.05, 0.1) is 31.3 Å². The van der Waals surface area contributed by atoms with Crippen LogP contribution in [0.2, 0.25) is 0 Å². The molecule has 8 heteroatoms. The summed E-state index contributed by atoms with van der Waals surface area (Å²) in [5.41, 5.74) is 3.22. The highest BCUT2D eigenvalue weighted by Gasteiger charge is 2.39. The zero-order valence-electron chi connectivity index (χ0n) is 23.2. The summed E-state index contributed by atoms with van der Waals surface area (Å²) >= 11 is 0. The molecule has 4 aromatic rings. The molecule has 0 radical (unpaired) electrons. The van der Waals surface area contributed by atoms with E-state index in [1.165, 1.54) is 13.2 Å². The maximum absolute atomic E-state index is 12.8. The van der Waals surface area contributed by atoms with Crippen molar-refractivity contribution in [1.29, 1.82) is 0 Å². The number of aromatic hydroxyl groups is 1. The molecule has 2 atom stereocenters. The second-order valence-corrected chi connectivity index (χ2v) is 9.55. The summed E-state index contributed by atoms with van der Waals surface area (Å²) in [4.78, 5) is 25.1. The Morgan fingerprint density at radius 2 is 1.45 bits per heavy atom. The molecule has 2 unspecified atom stereocenters. The van der Waals surface area contributed by atoms with Gasteiger partial charge in [-0.05, 0) is 65.7 Å². The Morgan fingerprint density at radius 1 is 0.810 bits per heavy atom. The van der Waals surface area contributed by atoms with E-state index in [1.807, 2.05) is 30.3 Å². The number of phenolic OH excluding ortho intramolecular Hbond substituents is 1. The average Bonchev–Trinajstić information content (AvgIpc) is 3.40. The van der Waals surface area contributed by atoms with E-state index in [1.54, 1.807) is 73.8 Å². The highest BCUT2D eigenvalue weighted by molar-refractivity contribution is 5.89. The number of hydrogen-bond acceptors (Lipinski definition) is 8. The quantitative estimate of drug-likeness (QED) is 0.222. The van der Waals surface area contributed by atoms with Gasteiger partial charge >= 0.3 is 11.9 Å². The first kappa shape index (κ1) is 28.3. The van der Waals surface area contributed by atoms with Crippen molar-refractivity contribution in [2.45, 2.75) is 12.0 Å². The molecule has 1 heterocycles. The van der Waals surface area contributed by atoms with Crippen LogP contribution in [-0.2, 0) is 9.47 Å². The first-order valence-corrected chi connectivity index (χ1v) is 13.3. The predicted molar refractivity (Wildman–Crippen MR) is 156 cm³/mol. The summed E-state index contributed by atoms with van der Waals surface area (Å²) in [7, 11) is 3.02. The molecular formula is C34H30O8. The molecule has 1 N–H and O–H groups in total. The Kier molecular flexibility index (Phi) is 8.72. The van der Waals surface area contributed by atoms with Crippen molar-refractivity contribution in [1.82, 2.24) is 0 Å². The van der Waals surface area contributed by atoms with Crippen molar-refractivity contribution in [3.05, 3.63) is 125 Å². The maximum atomic E-state index is 12.8. The fraction of sp³-hybridized carbons (Fsp3) is 0.176. The molecule has 0 fully saturated rings. The zero-order valence-corrected chi connectivity index (χ0v) is 23.2. The Bertz CT molecular complexity index is 1580. The van der Waals surface area contributed by atoms with E-state index >= 15 is 0 Å². The van der Waals surface area contributed by atoms with Gasteiger partial charge < -0.3 is 28.8 Å². The maximum Gasteiger partial charge on any atom is 0.338 e. The van der Waals surface area contributed by atoms with Crippen LogP contribution in [0.15, 0.2) is 97.1 Å². The lowest BCUT2D eigenvalue weighted by atomic mass is 9.90. The largest absolute Gasteiger partial charge is 0.504 e. The topological polar surface area (TPSA) is 101 Å². The van der Waals surface area contributed by atoms with Crippen LogP contribution in [0.1, 0.15) is 49.4 Å². The fourth-order valence-electron chi connectivity index (χ4n) is 4.80. The summed E-state index contributed by atoms with van der Waals surface area (Å²) in [5.74, 6) is 0.0700. The molecule has 214 valence electrons. The Hall–Kier alpha value is -5.24. The second kappa shape index (κ2) is 13.0. The number of phenols is 1. The van der Waals surface area contributed by atoms with E-state index in [4.69, 9.17) is 23.7 Å². The predicted octanol–water partition coefficient (Wildman–Crippen LogP) is 6.35. The monoisotopic (exact) mass is 566 g/mol. The minimum atomic E-state index is -0.557.